The Bertz CT molecular complexity index is 1850. The van der Waals surface area contributed by atoms with Crippen LogP contribution in [0, 0.1) is 23.7 Å². The van der Waals surface area contributed by atoms with Crippen molar-refractivity contribution in [2.24, 2.45) is 33.9 Å². The van der Waals surface area contributed by atoms with E-state index in [0.29, 0.717) is 34.9 Å². The molecule has 352 valence electrons. The van der Waals surface area contributed by atoms with Gasteiger partial charge in [-0.25, -0.2) is 0 Å². The molecule has 0 spiro atoms. The summed E-state index contributed by atoms with van der Waals surface area (Å²) in [6.07, 6.45) is -6.56. The van der Waals surface area contributed by atoms with Gasteiger partial charge in [-0.2, -0.15) is 10.2 Å². The fraction of sp³-hybridized carbons (Fsp3) is 0.667. The van der Waals surface area contributed by atoms with Crippen LogP contribution in [-0.2, 0) is 39.7 Å². The van der Waals surface area contributed by atoms with Crippen molar-refractivity contribution in [2.45, 2.75) is 148 Å². The zero-order valence-corrected chi connectivity index (χ0v) is 39.7. The maximum atomic E-state index is 14.4. The van der Waals surface area contributed by atoms with Gasteiger partial charge in [0, 0.05) is 30.7 Å². The first kappa shape index (κ1) is 51.7. The van der Waals surface area contributed by atoms with E-state index in [1.807, 2.05) is 77.9 Å². The van der Waals surface area contributed by atoms with E-state index in [1.54, 1.807) is 66.4 Å². The minimum absolute atomic E-state index is 0.113. The van der Waals surface area contributed by atoms with Crippen molar-refractivity contribution in [1.82, 2.24) is 4.90 Å². The van der Waals surface area contributed by atoms with E-state index in [9.17, 15) is 24.9 Å². The number of benzene rings is 2. The standard InChI is InChI=1S/C48H73N3O12/c1-15-38-48(9,56)43(54)29(4)40(50-49-32(7)34-18-22-36(58-13)23-19-34)27(2)26-47(8,59-14)44(63-46-41(53)37(51(10)11)24-28(3)60-46)30(5)42(31(6)45(55)61-38)62-39(52)25-33-16-20-35(57-12)21-17-33/h16-23,27-31,37-38,41-44,46,53-54,56H,15,24-26H2,1-14H3. The minimum atomic E-state index is -1.96. The number of likely N-dealkylation sites (N-methyl/N-ethyl adjacent to an activating group) is 1. The molecule has 2 fully saturated rings. The number of ether oxygens (including phenoxy) is 7. The lowest BCUT2D eigenvalue weighted by Gasteiger charge is -2.48. The molecule has 0 bridgehead atoms. The van der Waals surface area contributed by atoms with Crippen molar-refractivity contribution < 1.29 is 58.1 Å². The molecule has 15 nitrogen and oxygen atoms in total. The van der Waals surface area contributed by atoms with Crippen LogP contribution in [-0.4, -0.2) is 139 Å². The molecule has 0 saturated carbocycles. The molecule has 2 heterocycles. The molecule has 0 radical (unpaired) electrons. The average Bonchev–Trinajstić information content (AvgIpc) is 3.26. The summed E-state index contributed by atoms with van der Waals surface area (Å²) in [4.78, 5) is 30.3. The molecule has 63 heavy (non-hydrogen) atoms. The quantitative estimate of drug-likeness (QED) is 0.136. The largest absolute Gasteiger partial charge is 0.497 e. The van der Waals surface area contributed by atoms with Gasteiger partial charge < -0.3 is 53.4 Å². The molecule has 14 unspecified atom stereocenters. The van der Waals surface area contributed by atoms with Crippen molar-refractivity contribution in [3.63, 3.8) is 0 Å². The summed E-state index contributed by atoms with van der Waals surface area (Å²) in [5, 5.41) is 45.4. The lowest BCUT2D eigenvalue weighted by atomic mass is 9.73. The number of carbonyl (C=O) groups excluding carboxylic acids is 2. The van der Waals surface area contributed by atoms with Gasteiger partial charge in [-0.05, 0) is 121 Å². The third-order valence-corrected chi connectivity index (χ3v) is 13.1. The number of esters is 2. The third kappa shape index (κ3) is 12.4. The number of aliphatic hydroxyl groups excluding tert-OH is 2. The highest BCUT2D eigenvalue weighted by Crippen LogP contribution is 2.40. The SMILES string of the molecule is CCC1OC(=O)C(C)C(OC(=O)Cc2ccc(OC)cc2)C(C)C(OC2OC(C)CC(N(C)C)C2O)C(C)(OC)CC(C)C(=NN=C(C)c2ccc(OC)cc2)C(C)C(O)C1(C)O. The molecular formula is C48H73N3O12. The van der Waals surface area contributed by atoms with Crippen LogP contribution in [0.5, 0.6) is 11.5 Å². The van der Waals surface area contributed by atoms with Crippen LogP contribution in [0.2, 0.25) is 0 Å². The average molecular weight is 884 g/mol. The highest BCUT2D eigenvalue weighted by Gasteiger charge is 2.52. The Hall–Kier alpha value is -3.96. The molecule has 2 aromatic rings. The Morgan fingerprint density at radius 3 is 2.05 bits per heavy atom. The molecular weight excluding hydrogens is 811 g/mol. The van der Waals surface area contributed by atoms with Crippen molar-refractivity contribution in [3.05, 3.63) is 59.7 Å². The molecule has 15 heteroatoms. The predicted octanol–water partition coefficient (Wildman–Crippen LogP) is 5.62. The van der Waals surface area contributed by atoms with E-state index in [0.717, 1.165) is 5.56 Å². The maximum absolute atomic E-state index is 14.4. The van der Waals surface area contributed by atoms with Gasteiger partial charge in [0.25, 0.3) is 0 Å². The number of hydrogen-bond acceptors (Lipinski definition) is 15. The van der Waals surface area contributed by atoms with Gasteiger partial charge in [0.15, 0.2) is 6.29 Å². The Labute approximate surface area is 374 Å². The lowest BCUT2D eigenvalue weighted by Crippen LogP contribution is -2.60. The first-order chi connectivity index (χ1) is 29.6. The van der Waals surface area contributed by atoms with Gasteiger partial charge in [0.05, 0.1) is 56.2 Å². The first-order valence-electron chi connectivity index (χ1n) is 22.0. The van der Waals surface area contributed by atoms with Crippen molar-refractivity contribution >= 4 is 23.4 Å². The van der Waals surface area contributed by atoms with E-state index >= 15 is 0 Å². The molecule has 0 aromatic heterocycles. The minimum Gasteiger partial charge on any atom is -0.497 e. The second kappa shape index (κ2) is 22.3. The zero-order valence-electron chi connectivity index (χ0n) is 39.7. The monoisotopic (exact) mass is 884 g/mol. The Kier molecular flexibility index (Phi) is 18.3. The van der Waals surface area contributed by atoms with Crippen LogP contribution < -0.4 is 9.47 Å². The predicted molar refractivity (Wildman–Crippen MR) is 240 cm³/mol. The fourth-order valence-corrected chi connectivity index (χ4v) is 9.11. The summed E-state index contributed by atoms with van der Waals surface area (Å²) in [6.45, 7) is 15.9. The topological polar surface area (TPSA) is 187 Å². The molecule has 0 aliphatic carbocycles. The highest BCUT2D eigenvalue weighted by molar-refractivity contribution is 5.99. The summed E-state index contributed by atoms with van der Waals surface area (Å²) in [5.74, 6) is -3.28. The van der Waals surface area contributed by atoms with Gasteiger partial charge in [-0.1, -0.05) is 39.8 Å². The van der Waals surface area contributed by atoms with Crippen LogP contribution in [0.15, 0.2) is 58.7 Å². The molecule has 2 aliphatic heterocycles. The number of hydrogen-bond donors (Lipinski definition) is 3. The smallest absolute Gasteiger partial charge is 0.312 e. The second-order valence-electron chi connectivity index (χ2n) is 18.1. The summed E-state index contributed by atoms with van der Waals surface area (Å²) >= 11 is 0. The summed E-state index contributed by atoms with van der Waals surface area (Å²) < 4.78 is 42.7. The zero-order chi connectivity index (χ0) is 47.0. The molecule has 2 aromatic carbocycles. The van der Waals surface area contributed by atoms with Crippen molar-refractivity contribution in [3.8, 4) is 11.5 Å². The number of cyclic esters (lactones) is 1. The summed E-state index contributed by atoms with van der Waals surface area (Å²) in [6, 6.07) is 14.1. The van der Waals surface area contributed by atoms with Crippen LogP contribution >= 0.6 is 0 Å². The van der Waals surface area contributed by atoms with Gasteiger partial charge in [0.2, 0.25) is 0 Å². The van der Waals surface area contributed by atoms with Gasteiger partial charge in [-0.15, -0.1) is 0 Å². The third-order valence-electron chi connectivity index (χ3n) is 13.1. The second-order valence-corrected chi connectivity index (χ2v) is 18.1. The van der Waals surface area contributed by atoms with Crippen LogP contribution in [0.1, 0.15) is 92.7 Å². The lowest BCUT2D eigenvalue weighted by molar-refractivity contribution is -0.301. The Balaban J connectivity index is 1.91. The van der Waals surface area contributed by atoms with Crippen LogP contribution in [0.3, 0.4) is 0 Å². The van der Waals surface area contributed by atoms with E-state index < -0.39 is 83.6 Å². The number of carbonyl (C=O) groups is 2. The Morgan fingerprint density at radius 2 is 1.51 bits per heavy atom. The van der Waals surface area contributed by atoms with E-state index in [4.69, 9.17) is 38.3 Å². The Morgan fingerprint density at radius 1 is 0.921 bits per heavy atom. The summed E-state index contributed by atoms with van der Waals surface area (Å²) in [7, 11) is 8.46. The van der Waals surface area contributed by atoms with Gasteiger partial charge in [-0.3, -0.25) is 9.59 Å². The number of rotatable bonds is 12. The molecule has 3 N–H and O–H groups in total. The molecule has 2 aliphatic rings. The van der Waals surface area contributed by atoms with Gasteiger partial charge in [0.1, 0.15) is 35.4 Å². The number of methoxy groups -OCH3 is 3. The number of aliphatic hydroxyl groups is 3. The molecule has 0 amide bonds. The van der Waals surface area contributed by atoms with Crippen LogP contribution in [0.4, 0.5) is 0 Å². The molecule has 2 saturated heterocycles. The van der Waals surface area contributed by atoms with Crippen LogP contribution in [0.25, 0.3) is 0 Å². The molecule has 4 rings (SSSR count). The van der Waals surface area contributed by atoms with Gasteiger partial charge >= 0.3 is 11.9 Å². The normalized spacial score (nSPS) is 35.7. The molecule has 14 atom stereocenters. The highest BCUT2D eigenvalue weighted by atomic mass is 16.7. The van der Waals surface area contributed by atoms with Crippen molar-refractivity contribution in [2.75, 3.05) is 35.4 Å². The number of nitrogens with zero attached hydrogens (tertiary/aromatic N) is 3. The van der Waals surface area contributed by atoms with E-state index in [2.05, 4.69) is 5.10 Å². The van der Waals surface area contributed by atoms with E-state index in [-0.39, 0.29) is 31.4 Å². The summed E-state index contributed by atoms with van der Waals surface area (Å²) in [5.41, 5.74) is -0.726. The fourth-order valence-electron chi connectivity index (χ4n) is 9.11. The van der Waals surface area contributed by atoms with Crippen molar-refractivity contribution in [1.29, 1.82) is 0 Å². The first-order valence-corrected chi connectivity index (χ1v) is 22.0. The van der Waals surface area contributed by atoms with E-state index in [1.165, 1.54) is 6.92 Å². The maximum Gasteiger partial charge on any atom is 0.312 e.